The second-order valence-electron chi connectivity index (χ2n) is 6.95. The Balaban J connectivity index is 1.76. The summed E-state index contributed by atoms with van der Waals surface area (Å²) in [6.45, 7) is 3.22. The van der Waals surface area contributed by atoms with E-state index in [0.717, 1.165) is 12.1 Å². The maximum Gasteiger partial charge on any atom is 0.254 e. The third-order valence-electron chi connectivity index (χ3n) is 5.37. The second kappa shape index (κ2) is 5.71. The minimum Gasteiger partial charge on any atom is -0.334 e. The van der Waals surface area contributed by atoms with Gasteiger partial charge in [0.1, 0.15) is 5.82 Å². The van der Waals surface area contributed by atoms with Crippen molar-refractivity contribution in [3.8, 4) is 11.1 Å². The molecule has 2 aromatic rings. The van der Waals surface area contributed by atoms with Crippen LogP contribution < -0.4 is 5.73 Å². The molecule has 1 aliphatic carbocycles. The molecule has 2 aliphatic rings. The Kier molecular flexibility index (Phi) is 3.65. The largest absolute Gasteiger partial charge is 0.334 e. The van der Waals surface area contributed by atoms with Gasteiger partial charge in [-0.15, -0.1) is 0 Å². The van der Waals surface area contributed by atoms with Gasteiger partial charge in [-0.25, -0.2) is 4.39 Å². The van der Waals surface area contributed by atoms with Crippen LogP contribution in [0.25, 0.3) is 11.1 Å². The second-order valence-corrected chi connectivity index (χ2v) is 6.95. The van der Waals surface area contributed by atoms with Gasteiger partial charge in [0, 0.05) is 30.3 Å². The van der Waals surface area contributed by atoms with Gasteiger partial charge in [0.15, 0.2) is 0 Å². The van der Waals surface area contributed by atoms with Crippen LogP contribution in [-0.4, -0.2) is 29.9 Å². The maximum absolute atomic E-state index is 14.3. The van der Waals surface area contributed by atoms with Crippen molar-refractivity contribution >= 4 is 5.91 Å². The van der Waals surface area contributed by atoms with Crippen LogP contribution in [0.1, 0.15) is 22.3 Å². The van der Waals surface area contributed by atoms with Crippen molar-refractivity contribution in [3.63, 3.8) is 0 Å². The van der Waals surface area contributed by atoms with E-state index in [2.05, 4.69) is 0 Å². The molecule has 2 aromatic carbocycles. The number of amides is 1. The molecule has 0 bridgehead atoms. The summed E-state index contributed by atoms with van der Waals surface area (Å²) in [7, 11) is 0. The SMILES string of the molecule is Cc1ccc(C(=O)N2C[C@H]3C[C@H]3[C@H]2CN)c(-c2ccccc2F)c1. The Morgan fingerprint density at radius 2 is 2.04 bits per heavy atom. The van der Waals surface area contributed by atoms with E-state index in [4.69, 9.17) is 5.73 Å². The van der Waals surface area contributed by atoms with E-state index in [1.807, 2.05) is 30.0 Å². The molecule has 0 unspecified atom stereocenters. The molecular weight excluding hydrogens is 303 g/mol. The Morgan fingerprint density at radius 3 is 2.79 bits per heavy atom. The number of hydrogen-bond acceptors (Lipinski definition) is 2. The summed E-state index contributed by atoms with van der Waals surface area (Å²) in [5.74, 6) is 0.818. The van der Waals surface area contributed by atoms with Crippen LogP contribution >= 0.6 is 0 Å². The number of benzene rings is 2. The summed E-state index contributed by atoms with van der Waals surface area (Å²) in [6, 6.07) is 12.3. The third kappa shape index (κ3) is 2.42. The molecule has 2 fully saturated rings. The molecule has 0 spiro atoms. The van der Waals surface area contributed by atoms with Gasteiger partial charge in [-0.1, -0.05) is 35.9 Å². The minimum absolute atomic E-state index is 0.0316. The van der Waals surface area contributed by atoms with Crippen molar-refractivity contribution < 1.29 is 9.18 Å². The number of fused-ring (bicyclic) bond motifs is 1. The van der Waals surface area contributed by atoms with Gasteiger partial charge in [0.2, 0.25) is 0 Å². The molecule has 0 aromatic heterocycles. The molecule has 1 amide bonds. The van der Waals surface area contributed by atoms with Gasteiger partial charge in [0.25, 0.3) is 5.91 Å². The Morgan fingerprint density at radius 1 is 1.25 bits per heavy atom. The summed E-state index contributed by atoms with van der Waals surface area (Å²) in [5.41, 5.74) is 8.60. The van der Waals surface area contributed by atoms with Gasteiger partial charge in [0.05, 0.1) is 0 Å². The normalized spacial score (nSPS) is 24.8. The number of piperidine rings is 1. The number of carbonyl (C=O) groups is 1. The quantitative estimate of drug-likeness (QED) is 0.942. The predicted molar refractivity (Wildman–Crippen MR) is 92.0 cm³/mol. The topological polar surface area (TPSA) is 46.3 Å². The highest BCUT2D eigenvalue weighted by Crippen LogP contribution is 2.49. The summed E-state index contributed by atoms with van der Waals surface area (Å²) < 4.78 is 14.3. The molecule has 4 heteroatoms. The number of likely N-dealkylation sites (tertiary alicyclic amines) is 1. The maximum atomic E-state index is 14.3. The Bertz CT molecular complexity index is 804. The molecule has 3 atom stereocenters. The number of nitrogens with zero attached hydrogens (tertiary/aromatic N) is 1. The summed E-state index contributed by atoms with van der Waals surface area (Å²) in [5, 5.41) is 0. The molecule has 1 saturated heterocycles. The predicted octanol–water partition coefficient (Wildman–Crippen LogP) is 3.22. The van der Waals surface area contributed by atoms with E-state index in [0.29, 0.717) is 35.1 Å². The average Bonchev–Trinajstić information content (AvgIpc) is 3.25. The van der Waals surface area contributed by atoms with Gasteiger partial charge in [-0.3, -0.25) is 4.79 Å². The number of rotatable bonds is 3. The summed E-state index contributed by atoms with van der Waals surface area (Å²) >= 11 is 0. The number of carbonyl (C=O) groups excluding carboxylic acids is 1. The summed E-state index contributed by atoms with van der Waals surface area (Å²) in [4.78, 5) is 15.0. The van der Waals surface area contributed by atoms with Crippen molar-refractivity contribution in [2.24, 2.45) is 17.6 Å². The van der Waals surface area contributed by atoms with Gasteiger partial charge in [-0.2, -0.15) is 0 Å². The third-order valence-corrected chi connectivity index (χ3v) is 5.37. The zero-order valence-electron chi connectivity index (χ0n) is 13.7. The number of hydrogen-bond donors (Lipinski definition) is 1. The lowest BCUT2D eigenvalue weighted by Gasteiger charge is -2.27. The van der Waals surface area contributed by atoms with Crippen LogP contribution in [0, 0.1) is 24.6 Å². The van der Waals surface area contributed by atoms with Crippen LogP contribution in [0.4, 0.5) is 4.39 Å². The van der Waals surface area contributed by atoms with Gasteiger partial charge < -0.3 is 10.6 Å². The van der Waals surface area contributed by atoms with Crippen molar-refractivity contribution in [1.82, 2.24) is 4.90 Å². The zero-order valence-corrected chi connectivity index (χ0v) is 13.7. The van der Waals surface area contributed by atoms with Crippen LogP contribution in [0.5, 0.6) is 0 Å². The number of aryl methyl sites for hydroxylation is 1. The van der Waals surface area contributed by atoms with Crippen LogP contribution in [-0.2, 0) is 0 Å². The molecular formula is C20H21FN2O. The van der Waals surface area contributed by atoms with E-state index in [9.17, 15) is 9.18 Å². The molecule has 124 valence electrons. The van der Waals surface area contributed by atoms with Crippen molar-refractivity contribution in [2.45, 2.75) is 19.4 Å². The molecule has 0 radical (unpaired) electrons. The fourth-order valence-electron chi connectivity index (χ4n) is 4.01. The number of nitrogens with two attached hydrogens (primary N) is 1. The molecule has 1 saturated carbocycles. The Hall–Kier alpha value is -2.20. The van der Waals surface area contributed by atoms with Crippen molar-refractivity contribution in [2.75, 3.05) is 13.1 Å². The van der Waals surface area contributed by atoms with Crippen LogP contribution in [0.15, 0.2) is 42.5 Å². The van der Waals surface area contributed by atoms with E-state index >= 15 is 0 Å². The average molecular weight is 324 g/mol. The summed E-state index contributed by atoms with van der Waals surface area (Å²) in [6.07, 6.45) is 1.18. The standard InChI is InChI=1S/C20H21FN2O/c1-12-6-7-15(17(8-12)14-4-2-3-5-18(14)21)20(24)23-11-13-9-16(13)19(23)10-22/h2-8,13,16,19H,9-11,22H2,1H3/t13-,16-,19-/m1/s1. The van der Waals surface area contributed by atoms with Crippen molar-refractivity contribution in [3.05, 3.63) is 59.4 Å². The molecule has 3 nitrogen and oxygen atoms in total. The van der Waals surface area contributed by atoms with Crippen molar-refractivity contribution in [1.29, 1.82) is 0 Å². The monoisotopic (exact) mass is 324 g/mol. The van der Waals surface area contributed by atoms with Gasteiger partial charge in [-0.05, 0) is 42.9 Å². The fraction of sp³-hybridized carbons (Fsp3) is 0.350. The van der Waals surface area contributed by atoms with E-state index < -0.39 is 0 Å². The smallest absolute Gasteiger partial charge is 0.254 e. The molecule has 4 rings (SSSR count). The highest BCUT2D eigenvalue weighted by atomic mass is 19.1. The molecule has 1 aliphatic heterocycles. The van der Waals surface area contributed by atoms with E-state index in [1.54, 1.807) is 18.2 Å². The number of halogens is 1. The Labute approximate surface area is 141 Å². The first kappa shape index (κ1) is 15.3. The van der Waals surface area contributed by atoms with Crippen LogP contribution in [0.3, 0.4) is 0 Å². The van der Waals surface area contributed by atoms with E-state index in [-0.39, 0.29) is 17.8 Å². The highest BCUT2D eigenvalue weighted by molar-refractivity contribution is 6.01. The first-order valence-electron chi connectivity index (χ1n) is 8.46. The fourth-order valence-corrected chi connectivity index (χ4v) is 4.01. The lowest BCUT2D eigenvalue weighted by atomic mass is 9.96. The molecule has 1 heterocycles. The first-order chi connectivity index (χ1) is 11.6. The van der Waals surface area contributed by atoms with E-state index in [1.165, 1.54) is 12.5 Å². The lowest BCUT2D eigenvalue weighted by Crippen LogP contribution is -2.43. The highest BCUT2D eigenvalue weighted by Gasteiger charge is 2.53. The zero-order chi connectivity index (χ0) is 16.8. The first-order valence-corrected chi connectivity index (χ1v) is 8.46. The minimum atomic E-state index is -0.309. The van der Waals surface area contributed by atoms with Gasteiger partial charge >= 0.3 is 0 Å². The molecule has 2 N–H and O–H groups in total. The molecule has 24 heavy (non-hydrogen) atoms. The van der Waals surface area contributed by atoms with Crippen LogP contribution in [0.2, 0.25) is 0 Å². The lowest BCUT2D eigenvalue weighted by molar-refractivity contribution is 0.0713.